The Kier molecular flexibility index (Phi) is 29.2. The molecule has 101 heavy (non-hydrogen) atoms. The molecule has 1 saturated heterocycles. The molecule has 39 heteroatoms. The first-order valence-corrected chi connectivity index (χ1v) is 30.4. The largest absolute Gasteiger partial charge is 0.569 e. The molecule has 12 rings (SSSR count). The number of alkyl halides is 1. The summed E-state index contributed by atoms with van der Waals surface area (Å²) < 4.78 is 43.6. The number of halogens is 4. The topological polar surface area (TPSA) is 441 Å². The summed E-state index contributed by atoms with van der Waals surface area (Å²) >= 11 is 19.4. The molecular weight excluding hydrogens is 1420 g/mol. The summed E-state index contributed by atoms with van der Waals surface area (Å²) in [7, 11) is 0.582. The van der Waals surface area contributed by atoms with Gasteiger partial charge in [0.2, 0.25) is 11.8 Å². The fourth-order valence-electron chi connectivity index (χ4n) is 9.57. The first kappa shape index (κ1) is 80.6. The van der Waals surface area contributed by atoms with Gasteiger partial charge in [0.1, 0.15) is 67.3 Å². The number of hydrogen-bond donors (Lipinski definition) is 6. The standard InChI is InChI=1S/C30H23ClF2N8O3.C13H15ClN4O3.C13H10N6O3.C4H4BN2O2.2CH4.S2.H2S/c31-21-6-2-1-4-18(21)19-5-3-7-22(27(19)33)38-30(44)24-8-17(32)13-40(24)26(42)14-41-25-12-37-23(16-10-35-15-36-11-16)9-20(25)28(39-41)29(34)43;1-13(2,3)21-10(19)6-18-8-5-16-9(14)4-7(8)11(17-18)12(15)20;14-13(22)12-8-1-9(7-2-15-6-16-3-7)17-4-10(8)19(18-12)5-11(20)21;8-5-9-4-1-6-3-7-2-4;;;1-2;/h1-7,9-12,15,17,24H,8,13-14H2,(H2,34,43)(H,38,44);4-5H,6H2,1-3H3,(H2,15,20);1-4,6H,5H2,(H2,14,22)(H,20,21);1-3,8H;2*1H4;;1H2/t17-,24+;;;;;;;/m1......./s1. The van der Waals surface area contributed by atoms with E-state index < -0.39 is 71.7 Å². The van der Waals surface area contributed by atoms with E-state index in [2.05, 4.69) is 92.5 Å². The second kappa shape index (κ2) is 36.6. The van der Waals surface area contributed by atoms with Crippen LogP contribution in [0, 0.1) is 5.82 Å². The molecule has 9 N–H and O–H groups in total. The van der Waals surface area contributed by atoms with E-state index in [-0.39, 0.29) is 87.9 Å². The summed E-state index contributed by atoms with van der Waals surface area (Å²) in [5.41, 5.74) is 19.4. The number of carboxylic acid groups (broad SMARTS) is 1. The lowest BCUT2D eigenvalue weighted by Crippen LogP contribution is -2.44. The molecule has 1 aliphatic heterocycles. The van der Waals surface area contributed by atoms with Crippen molar-refractivity contribution in [3.63, 3.8) is 0 Å². The zero-order valence-electron chi connectivity index (χ0n) is 51.8. The molecule has 9 aromatic heterocycles. The van der Waals surface area contributed by atoms with E-state index >= 15 is 4.39 Å². The first-order valence-electron chi connectivity index (χ1n) is 28.3. The number of primary amides is 3. The van der Waals surface area contributed by atoms with Gasteiger partial charge in [-0.1, -0.05) is 68.4 Å². The van der Waals surface area contributed by atoms with Crippen LogP contribution in [0.25, 0.3) is 66.4 Å². The van der Waals surface area contributed by atoms with Gasteiger partial charge in [-0.05, 0) is 51.1 Å². The van der Waals surface area contributed by atoms with Gasteiger partial charge in [0, 0.05) is 97.0 Å². The van der Waals surface area contributed by atoms with Crippen molar-refractivity contribution >= 4 is 147 Å². The Bertz CT molecular complexity index is 4770. The number of nitrogens with two attached hydrogens (primary N) is 3. The summed E-state index contributed by atoms with van der Waals surface area (Å²) in [6, 6.07) is 14.6. The van der Waals surface area contributed by atoms with Crippen molar-refractivity contribution in [2.45, 2.75) is 79.5 Å². The third kappa shape index (κ3) is 20.5. The number of hydrogen-bond acceptors (Lipinski definition) is 24. The van der Waals surface area contributed by atoms with Crippen molar-refractivity contribution in [1.82, 2.24) is 79.1 Å². The summed E-state index contributed by atoms with van der Waals surface area (Å²) in [6.45, 7) is 3.97. The van der Waals surface area contributed by atoms with E-state index in [9.17, 15) is 38.0 Å². The first-order chi connectivity index (χ1) is 46.9. The highest BCUT2D eigenvalue weighted by Crippen LogP contribution is 2.34. The number of esters is 1. The Balaban J connectivity index is 0.000000271. The van der Waals surface area contributed by atoms with Gasteiger partial charge in [-0.3, -0.25) is 57.6 Å². The van der Waals surface area contributed by atoms with Gasteiger partial charge >= 0.3 is 19.6 Å². The second-order valence-corrected chi connectivity index (χ2v) is 22.2. The number of aliphatic carboxylic acids is 1. The number of nitrogens with zero attached hydrogens (tertiary/aromatic N) is 16. The lowest BCUT2D eigenvalue weighted by molar-refractivity contribution is -0.155. The van der Waals surface area contributed by atoms with Crippen molar-refractivity contribution in [3.8, 4) is 39.4 Å². The molecule has 0 bridgehead atoms. The number of carbonyl (C=O) groups is 7. The van der Waals surface area contributed by atoms with Crippen molar-refractivity contribution in [1.29, 1.82) is 0 Å². The number of fused-ring (bicyclic) bond motifs is 3. The van der Waals surface area contributed by atoms with E-state index in [4.69, 9.17) is 55.3 Å². The maximum Gasteiger partial charge on any atom is 0.569 e. The molecule has 11 aromatic rings. The Labute approximate surface area is 600 Å². The van der Waals surface area contributed by atoms with E-state index in [1.54, 1.807) is 88.0 Å². The minimum atomic E-state index is -1.48. The number of carboxylic acids is 1. The molecule has 31 nitrogen and oxygen atoms in total. The highest BCUT2D eigenvalue weighted by Gasteiger charge is 2.40. The highest BCUT2D eigenvalue weighted by atomic mass is 35.5. The van der Waals surface area contributed by atoms with Crippen LogP contribution in [0.4, 0.5) is 14.5 Å². The molecule has 10 heterocycles. The zero-order chi connectivity index (χ0) is 71.0. The van der Waals surface area contributed by atoms with Crippen molar-refractivity contribution in [2.24, 2.45) is 17.2 Å². The summed E-state index contributed by atoms with van der Waals surface area (Å²) in [5, 5.41) is 33.5. The van der Waals surface area contributed by atoms with Gasteiger partial charge in [0.15, 0.2) is 22.9 Å². The monoisotopic (exact) mass is 1480 g/mol. The van der Waals surface area contributed by atoms with Crippen LogP contribution in [0.3, 0.4) is 0 Å². The normalized spacial score (nSPS) is 12.7. The zero-order valence-corrected chi connectivity index (χ0v) is 55.9. The van der Waals surface area contributed by atoms with Crippen LogP contribution >= 0.6 is 36.7 Å². The van der Waals surface area contributed by atoms with Crippen molar-refractivity contribution < 1.29 is 61.9 Å². The highest BCUT2D eigenvalue weighted by molar-refractivity contribution is 8.07. The van der Waals surface area contributed by atoms with Gasteiger partial charge in [-0.25, -0.2) is 43.7 Å². The fraction of sp³-hybridized carbons (Fsp3) is 0.210. The van der Waals surface area contributed by atoms with Gasteiger partial charge in [0.25, 0.3) is 17.7 Å². The predicted molar refractivity (Wildman–Crippen MR) is 378 cm³/mol. The number of ether oxygens (including phenoxy) is 1. The minimum Gasteiger partial charge on any atom is -0.535 e. The lowest BCUT2D eigenvalue weighted by Gasteiger charge is -2.24. The molecule has 0 unspecified atom stereocenters. The van der Waals surface area contributed by atoms with E-state index in [1.165, 1.54) is 82.2 Å². The van der Waals surface area contributed by atoms with Crippen LogP contribution in [0.2, 0.25) is 10.2 Å². The molecule has 0 aliphatic carbocycles. The number of likely N-dealkylation sites (tertiary alicyclic amines) is 1. The van der Waals surface area contributed by atoms with Gasteiger partial charge in [0.05, 0.1) is 71.2 Å². The molecular formula is C62H62BCl2F2N20O11S3. The van der Waals surface area contributed by atoms with Gasteiger partial charge in [-0.15, -0.1) is 0 Å². The number of rotatable bonds is 16. The SMILES string of the molecule is C.C.CC(C)(C)OC(=O)Cn1nc(C(N)=O)c2cc(Cl)ncc21.NC(=O)c1nn(CC(=O)N2C[C@H](F)C[C@H]2C(=O)Nc2cccc(-c3ccccc3Cl)c2F)c2cnc(-c3cncnc3)cc12.NC(=O)c1nn(CC(=O)O)c2cnc(-c3cncnc3)cc12.O[B]Oc1cncnc1.S.S=S. The van der Waals surface area contributed by atoms with Crippen molar-refractivity contribution in [2.75, 3.05) is 11.9 Å². The smallest absolute Gasteiger partial charge is 0.535 e. The maximum absolute atomic E-state index is 15.5. The Morgan fingerprint density at radius 3 is 1.58 bits per heavy atom. The minimum absolute atomic E-state index is 0. The van der Waals surface area contributed by atoms with Crippen LogP contribution in [-0.4, -0.2) is 163 Å². The van der Waals surface area contributed by atoms with Crippen LogP contribution in [-0.2, 0) is 65.9 Å². The summed E-state index contributed by atoms with van der Waals surface area (Å²) in [6.07, 6.45) is 15.8. The molecule has 0 spiro atoms. The van der Waals surface area contributed by atoms with Crippen LogP contribution in [0.15, 0.2) is 135 Å². The third-order valence-electron chi connectivity index (χ3n) is 13.6. The quantitative estimate of drug-likeness (QED) is 0.0347. The Morgan fingerprint density at radius 2 is 1.11 bits per heavy atom. The summed E-state index contributed by atoms with van der Waals surface area (Å²) in [5.74, 6) is -5.53. The predicted octanol–water partition coefficient (Wildman–Crippen LogP) is 6.38. The van der Waals surface area contributed by atoms with Crippen LogP contribution in [0.5, 0.6) is 5.75 Å². The number of aromatic nitrogens is 15. The number of anilines is 1. The molecule has 525 valence electrons. The molecule has 1 fully saturated rings. The molecule has 2 aromatic carbocycles. The number of nitrogens with one attached hydrogen (secondary N) is 1. The molecule has 1 radical (unpaired) electrons. The van der Waals surface area contributed by atoms with E-state index in [1.807, 2.05) is 0 Å². The maximum atomic E-state index is 15.5. The molecule has 0 saturated carbocycles. The lowest BCUT2D eigenvalue weighted by atomic mass is 10.0. The molecule has 2 atom stereocenters. The number of benzene rings is 2. The van der Waals surface area contributed by atoms with Gasteiger partial charge < -0.3 is 46.9 Å². The second-order valence-electron chi connectivity index (χ2n) is 21.4. The molecule has 5 amide bonds. The van der Waals surface area contributed by atoms with Crippen LogP contribution in [0.1, 0.15) is 73.5 Å². The number of pyridine rings is 3. The Hall–Kier alpha value is -11.1. The average Bonchev–Trinajstić information content (AvgIpc) is 1.65. The van der Waals surface area contributed by atoms with Crippen molar-refractivity contribution in [3.05, 3.63) is 168 Å². The van der Waals surface area contributed by atoms with Crippen LogP contribution < -0.4 is 27.2 Å². The molecule has 1 aliphatic rings. The number of amides is 5. The Morgan fingerprint density at radius 1 is 0.653 bits per heavy atom. The third-order valence-corrected chi connectivity index (χ3v) is 14.1. The number of carbonyl (C=O) groups excluding carboxylic acids is 6. The summed E-state index contributed by atoms with van der Waals surface area (Å²) in [4.78, 5) is 121. The van der Waals surface area contributed by atoms with E-state index in [0.29, 0.717) is 79.2 Å². The van der Waals surface area contributed by atoms with Gasteiger partial charge in [-0.2, -0.15) is 28.8 Å². The fourth-order valence-corrected chi connectivity index (χ4v) is 9.96. The van der Waals surface area contributed by atoms with E-state index in [0.717, 1.165) is 4.90 Å². The average molecular weight is 1480 g/mol.